The minimum absolute atomic E-state index is 0.00630. The van der Waals surface area contributed by atoms with Gasteiger partial charge in [0.2, 0.25) is 10.9 Å². The highest BCUT2D eigenvalue weighted by Gasteiger charge is 2.47. The molecule has 1 aliphatic heterocycles. The van der Waals surface area contributed by atoms with Gasteiger partial charge in [0, 0.05) is 11.5 Å². The van der Waals surface area contributed by atoms with Gasteiger partial charge >= 0.3 is 0 Å². The first-order chi connectivity index (χ1) is 15.4. The average Bonchev–Trinajstić information content (AvgIpc) is 3.53. The number of aliphatic hydroxyl groups excluding tert-OH is 1. The van der Waals surface area contributed by atoms with E-state index in [2.05, 4.69) is 10.2 Å². The van der Waals surface area contributed by atoms with Gasteiger partial charge in [0.05, 0.1) is 26.1 Å². The number of carbonyl (C=O) groups excluding carboxylic acids is 2. The van der Waals surface area contributed by atoms with E-state index in [4.69, 9.17) is 13.9 Å². The third-order valence-electron chi connectivity index (χ3n) is 5.06. The maximum Gasteiger partial charge on any atom is 0.296 e. The van der Waals surface area contributed by atoms with Crippen LogP contribution in [0.2, 0.25) is 0 Å². The molecular formula is C22H21N3O6S. The van der Waals surface area contributed by atoms with Crippen molar-refractivity contribution in [1.82, 2.24) is 10.2 Å². The van der Waals surface area contributed by atoms with Crippen molar-refractivity contribution in [3.8, 4) is 11.5 Å². The maximum atomic E-state index is 13.3. The molecule has 0 saturated heterocycles. The van der Waals surface area contributed by atoms with Gasteiger partial charge in [-0.1, -0.05) is 25.2 Å². The number of carbonyl (C=O) groups is 2. The van der Waals surface area contributed by atoms with Crippen LogP contribution in [0.3, 0.4) is 0 Å². The number of methoxy groups -OCH3 is 2. The summed E-state index contributed by atoms with van der Waals surface area (Å²) >= 11 is 1.22. The molecule has 3 aromatic rings. The quantitative estimate of drug-likeness (QED) is 0.531. The fourth-order valence-corrected chi connectivity index (χ4v) is 4.35. The van der Waals surface area contributed by atoms with E-state index in [0.29, 0.717) is 17.1 Å². The van der Waals surface area contributed by atoms with Crippen molar-refractivity contribution in [2.24, 2.45) is 0 Å². The molecule has 1 atom stereocenters. The number of nitrogens with zero attached hydrogens (tertiary/aromatic N) is 3. The third-order valence-corrected chi connectivity index (χ3v) is 6.28. The molecule has 1 aromatic carbocycles. The van der Waals surface area contributed by atoms with Crippen molar-refractivity contribution >= 4 is 28.2 Å². The molecule has 10 heteroatoms. The van der Waals surface area contributed by atoms with Gasteiger partial charge < -0.3 is 19.0 Å². The average molecular weight is 455 g/mol. The molecule has 1 unspecified atom stereocenters. The van der Waals surface area contributed by atoms with E-state index >= 15 is 0 Å². The summed E-state index contributed by atoms with van der Waals surface area (Å²) in [6.07, 6.45) is 1.35. The summed E-state index contributed by atoms with van der Waals surface area (Å²) in [5.74, 6) is -1.08. The van der Waals surface area contributed by atoms with Crippen LogP contribution in [0.25, 0.3) is 0 Å². The van der Waals surface area contributed by atoms with E-state index in [-0.39, 0.29) is 22.4 Å². The molecule has 9 nitrogen and oxygen atoms in total. The largest absolute Gasteiger partial charge is 0.503 e. The Morgan fingerprint density at radius 3 is 2.59 bits per heavy atom. The summed E-state index contributed by atoms with van der Waals surface area (Å²) in [5.41, 5.74) is 0.304. The predicted octanol–water partition coefficient (Wildman–Crippen LogP) is 4.05. The lowest BCUT2D eigenvalue weighted by molar-refractivity contribution is -0.117. The van der Waals surface area contributed by atoms with E-state index < -0.39 is 23.5 Å². The molecule has 1 aliphatic rings. The summed E-state index contributed by atoms with van der Waals surface area (Å²) in [7, 11) is 2.98. The lowest BCUT2D eigenvalue weighted by atomic mass is 9.94. The fraction of sp³-hybridized carbons (Fsp3) is 0.273. The van der Waals surface area contributed by atoms with E-state index in [1.807, 2.05) is 13.8 Å². The number of aliphatic hydroxyl groups is 1. The van der Waals surface area contributed by atoms with Crippen LogP contribution in [0.1, 0.15) is 46.9 Å². The van der Waals surface area contributed by atoms with Crippen LogP contribution in [0.4, 0.5) is 5.13 Å². The van der Waals surface area contributed by atoms with Crippen LogP contribution in [-0.4, -0.2) is 41.2 Å². The highest BCUT2D eigenvalue weighted by atomic mass is 32.1. The van der Waals surface area contributed by atoms with E-state index in [0.717, 1.165) is 5.01 Å². The molecule has 4 rings (SSSR count). The number of furan rings is 1. The molecule has 2 aromatic heterocycles. The molecule has 0 spiro atoms. The van der Waals surface area contributed by atoms with Crippen molar-refractivity contribution in [3.63, 3.8) is 0 Å². The van der Waals surface area contributed by atoms with Gasteiger partial charge in [0.15, 0.2) is 11.5 Å². The maximum absolute atomic E-state index is 13.3. The second-order valence-electron chi connectivity index (χ2n) is 7.33. The van der Waals surface area contributed by atoms with Crippen LogP contribution in [0, 0.1) is 0 Å². The van der Waals surface area contributed by atoms with E-state index in [1.165, 1.54) is 42.8 Å². The first-order valence-corrected chi connectivity index (χ1v) is 10.6. The smallest absolute Gasteiger partial charge is 0.296 e. The molecule has 0 saturated carbocycles. The van der Waals surface area contributed by atoms with Crippen LogP contribution in [0.5, 0.6) is 11.5 Å². The van der Waals surface area contributed by atoms with Crippen LogP contribution >= 0.6 is 11.3 Å². The summed E-state index contributed by atoms with van der Waals surface area (Å²) in [6.45, 7) is 3.92. The first-order valence-electron chi connectivity index (χ1n) is 9.77. The van der Waals surface area contributed by atoms with Crippen molar-refractivity contribution < 1.29 is 28.6 Å². The normalized spacial score (nSPS) is 16.2. The number of benzene rings is 1. The molecular weight excluding hydrogens is 434 g/mol. The van der Waals surface area contributed by atoms with Crippen molar-refractivity contribution in [2.45, 2.75) is 25.8 Å². The lowest BCUT2D eigenvalue weighted by Crippen LogP contribution is -2.31. The van der Waals surface area contributed by atoms with Gasteiger partial charge in [-0.05, 0) is 30.3 Å². The second-order valence-corrected chi connectivity index (χ2v) is 8.32. The van der Waals surface area contributed by atoms with Gasteiger partial charge in [0.25, 0.3) is 5.91 Å². The number of anilines is 1. The van der Waals surface area contributed by atoms with Crippen molar-refractivity contribution in [3.05, 3.63) is 64.3 Å². The zero-order valence-electron chi connectivity index (χ0n) is 17.9. The van der Waals surface area contributed by atoms with E-state index in [1.54, 1.807) is 24.3 Å². The Labute approximate surface area is 187 Å². The minimum Gasteiger partial charge on any atom is -0.503 e. The van der Waals surface area contributed by atoms with Gasteiger partial charge in [0.1, 0.15) is 22.5 Å². The summed E-state index contributed by atoms with van der Waals surface area (Å²) < 4.78 is 16.1. The zero-order chi connectivity index (χ0) is 23.0. The number of ketones is 1. The second kappa shape index (κ2) is 8.46. The summed E-state index contributed by atoms with van der Waals surface area (Å²) in [5, 5.41) is 20.1. The molecule has 0 aliphatic carbocycles. The summed E-state index contributed by atoms with van der Waals surface area (Å²) in [6, 6.07) is 7.02. The SMILES string of the molecule is COc1ccc(OC)c(C2C(C(=O)c3ccco3)=C(O)C(=O)N2c2nnc(C(C)C)s2)c1. The number of rotatable bonds is 7. The Morgan fingerprint density at radius 2 is 2.00 bits per heavy atom. The minimum atomic E-state index is -1.03. The molecule has 166 valence electrons. The van der Waals surface area contributed by atoms with Gasteiger partial charge in [-0.2, -0.15) is 0 Å². The van der Waals surface area contributed by atoms with E-state index in [9.17, 15) is 14.7 Å². The van der Waals surface area contributed by atoms with Crippen molar-refractivity contribution in [2.75, 3.05) is 19.1 Å². The number of amides is 1. The van der Waals surface area contributed by atoms with Crippen molar-refractivity contribution in [1.29, 1.82) is 0 Å². The Morgan fingerprint density at radius 1 is 1.22 bits per heavy atom. The fourth-order valence-electron chi connectivity index (χ4n) is 3.48. The Hall–Kier alpha value is -3.66. The molecule has 0 fully saturated rings. The third kappa shape index (κ3) is 3.52. The Kier molecular flexibility index (Phi) is 5.70. The molecule has 3 heterocycles. The number of aromatic nitrogens is 2. The lowest BCUT2D eigenvalue weighted by Gasteiger charge is -2.25. The Balaban J connectivity index is 1.93. The molecule has 0 bridgehead atoms. The number of hydrogen-bond acceptors (Lipinski definition) is 9. The monoisotopic (exact) mass is 455 g/mol. The summed E-state index contributed by atoms with van der Waals surface area (Å²) in [4.78, 5) is 27.8. The standard InChI is InChI=1S/C22H21N3O6S/c1-11(2)20-23-24-22(32-20)25-17(13-10-12(29-3)7-8-14(13)30-4)16(19(27)21(25)28)18(26)15-6-5-9-31-15/h5-11,17,27H,1-4H3. The first kappa shape index (κ1) is 21.6. The molecule has 1 N–H and O–H groups in total. The van der Waals surface area contributed by atoms with Crippen LogP contribution in [-0.2, 0) is 4.79 Å². The van der Waals surface area contributed by atoms with Gasteiger partial charge in [-0.25, -0.2) is 0 Å². The molecule has 0 radical (unpaired) electrons. The Bertz CT molecular complexity index is 1200. The number of Topliss-reactive ketones (excluding diaryl/α,β-unsaturated/α-hetero) is 1. The highest BCUT2D eigenvalue weighted by Crippen LogP contribution is 2.46. The van der Waals surface area contributed by atoms with Gasteiger partial charge in [-0.15, -0.1) is 10.2 Å². The zero-order valence-corrected chi connectivity index (χ0v) is 18.7. The number of hydrogen-bond donors (Lipinski definition) is 1. The predicted molar refractivity (Wildman–Crippen MR) is 116 cm³/mol. The van der Waals surface area contributed by atoms with Gasteiger partial charge in [-0.3, -0.25) is 14.5 Å². The molecule has 1 amide bonds. The molecule has 32 heavy (non-hydrogen) atoms. The van der Waals surface area contributed by atoms with Crippen LogP contribution in [0.15, 0.2) is 52.3 Å². The number of ether oxygens (including phenoxy) is 2. The topological polar surface area (TPSA) is 115 Å². The van der Waals surface area contributed by atoms with Crippen LogP contribution < -0.4 is 14.4 Å². The highest BCUT2D eigenvalue weighted by molar-refractivity contribution is 7.15.